The number of carbonyl (C=O) groups excluding carboxylic acids is 1. The van der Waals surface area contributed by atoms with Crippen molar-refractivity contribution in [1.29, 1.82) is 0 Å². The molecule has 0 saturated heterocycles. The smallest absolute Gasteiger partial charge is 0.404 e. The van der Waals surface area contributed by atoms with Crippen LogP contribution in [-0.2, 0) is 14.8 Å². The second-order valence-electron chi connectivity index (χ2n) is 3.26. The van der Waals surface area contributed by atoms with E-state index in [0.29, 0.717) is 10.2 Å². The van der Waals surface area contributed by atoms with Gasteiger partial charge < -0.3 is 16.2 Å². The molecule has 0 aromatic heterocycles. The Morgan fingerprint density at radius 2 is 2.11 bits per heavy atom. The van der Waals surface area contributed by atoms with Crippen LogP contribution in [-0.4, -0.2) is 27.7 Å². The molecular weight excluding hydrogens is 326 g/mol. The highest BCUT2D eigenvalue weighted by Crippen LogP contribution is 2.23. The fraction of sp³-hybridized carbons (Fsp3) is 0.222. The zero-order valence-electron chi connectivity index (χ0n) is 9.22. The summed E-state index contributed by atoms with van der Waals surface area (Å²) < 4.78 is 30.7. The van der Waals surface area contributed by atoms with E-state index in [-0.39, 0.29) is 18.0 Å². The first-order valence-electron chi connectivity index (χ1n) is 4.80. The molecule has 0 bridgehead atoms. The van der Waals surface area contributed by atoms with E-state index in [1.165, 1.54) is 18.2 Å². The number of benzene rings is 1. The van der Waals surface area contributed by atoms with Crippen LogP contribution in [0.1, 0.15) is 0 Å². The van der Waals surface area contributed by atoms with E-state index in [1.54, 1.807) is 0 Å². The van der Waals surface area contributed by atoms with Gasteiger partial charge in [0.05, 0.1) is 4.90 Å². The number of nitrogens with one attached hydrogen (secondary N) is 1. The Balaban J connectivity index is 2.71. The lowest BCUT2D eigenvalue weighted by Crippen LogP contribution is -2.29. The second-order valence-corrected chi connectivity index (χ2v) is 5.84. The highest BCUT2D eigenvalue weighted by Gasteiger charge is 2.17. The van der Waals surface area contributed by atoms with Gasteiger partial charge in [-0.3, -0.25) is 0 Å². The molecule has 5 N–H and O–H groups in total. The summed E-state index contributed by atoms with van der Waals surface area (Å²) in [5.41, 5.74) is 10.7. The summed E-state index contributed by atoms with van der Waals surface area (Å²) in [5.74, 6) is 0. The van der Waals surface area contributed by atoms with Gasteiger partial charge in [-0.2, -0.15) is 0 Å². The average molecular weight is 338 g/mol. The van der Waals surface area contributed by atoms with Gasteiger partial charge in [0.1, 0.15) is 6.61 Å². The second kappa shape index (κ2) is 6.03. The van der Waals surface area contributed by atoms with Crippen molar-refractivity contribution in [2.24, 2.45) is 5.73 Å². The zero-order chi connectivity index (χ0) is 13.8. The van der Waals surface area contributed by atoms with Crippen molar-refractivity contribution >= 4 is 37.7 Å². The van der Waals surface area contributed by atoms with Crippen LogP contribution in [0.3, 0.4) is 0 Å². The Hall–Kier alpha value is -1.32. The SMILES string of the molecule is NC(=O)OCCNS(=O)(=O)c1ccc(N)cc1Br. The summed E-state index contributed by atoms with van der Waals surface area (Å²) in [6.45, 7) is -0.205. The maximum absolute atomic E-state index is 11.9. The number of amides is 1. The Kier molecular flexibility index (Phi) is 4.93. The van der Waals surface area contributed by atoms with Gasteiger partial charge in [0, 0.05) is 16.7 Å². The lowest BCUT2D eigenvalue weighted by Gasteiger charge is -2.08. The Bertz CT molecular complexity index is 547. The molecule has 1 aromatic carbocycles. The minimum absolute atomic E-state index is 0.0516. The summed E-state index contributed by atoms with van der Waals surface area (Å²) in [7, 11) is -3.69. The molecule has 7 nitrogen and oxygen atoms in total. The van der Waals surface area contributed by atoms with Gasteiger partial charge in [0.25, 0.3) is 0 Å². The van der Waals surface area contributed by atoms with E-state index in [2.05, 4.69) is 25.4 Å². The molecule has 1 rings (SSSR count). The van der Waals surface area contributed by atoms with E-state index >= 15 is 0 Å². The van der Waals surface area contributed by atoms with Crippen LogP contribution in [0, 0.1) is 0 Å². The van der Waals surface area contributed by atoms with Gasteiger partial charge in [-0.1, -0.05) is 0 Å². The normalized spacial score (nSPS) is 11.2. The number of carbonyl (C=O) groups is 1. The van der Waals surface area contributed by atoms with Gasteiger partial charge in [0.15, 0.2) is 0 Å². The van der Waals surface area contributed by atoms with Crippen LogP contribution in [0.25, 0.3) is 0 Å². The van der Waals surface area contributed by atoms with Gasteiger partial charge >= 0.3 is 6.09 Å². The minimum atomic E-state index is -3.69. The molecule has 9 heteroatoms. The number of nitrogens with two attached hydrogens (primary N) is 2. The summed E-state index contributed by atoms with van der Waals surface area (Å²) in [6.07, 6.45) is -0.956. The lowest BCUT2D eigenvalue weighted by molar-refractivity contribution is 0.159. The predicted molar refractivity (Wildman–Crippen MR) is 69.3 cm³/mol. The third-order valence-corrected chi connectivity index (χ3v) is 4.32. The van der Waals surface area contributed by atoms with Gasteiger partial charge in [-0.15, -0.1) is 0 Å². The topological polar surface area (TPSA) is 125 Å². The van der Waals surface area contributed by atoms with Crippen molar-refractivity contribution in [2.45, 2.75) is 4.90 Å². The molecule has 0 unspecified atom stereocenters. The van der Waals surface area contributed by atoms with E-state index in [0.717, 1.165) is 0 Å². The van der Waals surface area contributed by atoms with E-state index in [4.69, 9.17) is 11.5 Å². The number of sulfonamides is 1. The largest absolute Gasteiger partial charge is 0.448 e. The van der Waals surface area contributed by atoms with Crippen LogP contribution in [0.4, 0.5) is 10.5 Å². The van der Waals surface area contributed by atoms with Crippen LogP contribution in [0.15, 0.2) is 27.6 Å². The highest BCUT2D eigenvalue weighted by atomic mass is 79.9. The number of nitrogen functional groups attached to an aromatic ring is 1. The van der Waals surface area contributed by atoms with E-state index < -0.39 is 16.1 Å². The summed E-state index contributed by atoms with van der Waals surface area (Å²) >= 11 is 3.11. The highest BCUT2D eigenvalue weighted by molar-refractivity contribution is 9.10. The molecule has 1 amide bonds. The number of halogens is 1. The summed E-state index contributed by atoms with van der Waals surface area (Å²) in [4.78, 5) is 10.3. The first-order valence-corrected chi connectivity index (χ1v) is 7.07. The lowest BCUT2D eigenvalue weighted by atomic mass is 10.3. The number of rotatable bonds is 5. The van der Waals surface area contributed by atoms with Gasteiger partial charge in [-0.25, -0.2) is 17.9 Å². The maximum Gasteiger partial charge on any atom is 0.404 e. The standard InChI is InChI=1S/C9H12BrN3O4S/c10-7-5-6(11)1-2-8(7)18(15,16)13-3-4-17-9(12)14/h1-2,5,13H,3-4,11H2,(H2,12,14). The monoisotopic (exact) mass is 337 g/mol. The first kappa shape index (κ1) is 14.7. The first-order chi connectivity index (χ1) is 8.33. The minimum Gasteiger partial charge on any atom is -0.448 e. The van der Waals surface area contributed by atoms with Crippen LogP contribution < -0.4 is 16.2 Å². The van der Waals surface area contributed by atoms with Crippen molar-refractivity contribution < 1.29 is 17.9 Å². The maximum atomic E-state index is 11.9. The van der Waals surface area contributed by atoms with Crippen molar-refractivity contribution in [3.8, 4) is 0 Å². The fourth-order valence-corrected chi connectivity index (χ4v) is 3.25. The van der Waals surface area contributed by atoms with Crippen LogP contribution in [0.2, 0.25) is 0 Å². The van der Waals surface area contributed by atoms with E-state index in [1.807, 2.05) is 0 Å². The molecule has 18 heavy (non-hydrogen) atoms. The Morgan fingerprint density at radius 1 is 1.44 bits per heavy atom. The summed E-state index contributed by atoms with van der Waals surface area (Å²) in [6, 6.07) is 4.32. The molecule has 0 atom stereocenters. The molecule has 0 spiro atoms. The molecule has 0 fully saturated rings. The van der Waals surface area contributed by atoms with Crippen molar-refractivity contribution in [2.75, 3.05) is 18.9 Å². The van der Waals surface area contributed by atoms with Crippen molar-refractivity contribution in [3.05, 3.63) is 22.7 Å². The quantitative estimate of drug-likeness (QED) is 0.530. The van der Waals surface area contributed by atoms with E-state index in [9.17, 15) is 13.2 Å². The third-order valence-electron chi connectivity index (χ3n) is 1.88. The molecule has 100 valence electrons. The molecular formula is C9H12BrN3O4S. The van der Waals surface area contributed by atoms with Crippen molar-refractivity contribution in [1.82, 2.24) is 4.72 Å². The molecule has 0 radical (unpaired) electrons. The Morgan fingerprint density at radius 3 is 2.67 bits per heavy atom. The Labute approximate surface area is 113 Å². The molecule has 0 heterocycles. The van der Waals surface area contributed by atoms with Gasteiger partial charge in [0.2, 0.25) is 10.0 Å². The molecule has 0 aliphatic heterocycles. The third kappa shape index (κ3) is 4.17. The summed E-state index contributed by atoms with van der Waals surface area (Å²) in [5, 5.41) is 0. The molecule has 1 aromatic rings. The molecule has 0 saturated carbocycles. The average Bonchev–Trinajstić information content (AvgIpc) is 2.23. The number of anilines is 1. The number of primary amides is 1. The molecule has 0 aliphatic carbocycles. The molecule has 0 aliphatic rings. The number of hydrogen-bond acceptors (Lipinski definition) is 5. The van der Waals surface area contributed by atoms with Gasteiger partial charge in [-0.05, 0) is 34.1 Å². The predicted octanol–water partition coefficient (Wildman–Crippen LogP) is 0.405. The number of ether oxygens (including phenoxy) is 1. The fourth-order valence-electron chi connectivity index (χ4n) is 1.14. The van der Waals surface area contributed by atoms with Crippen LogP contribution >= 0.6 is 15.9 Å². The van der Waals surface area contributed by atoms with Crippen molar-refractivity contribution in [3.63, 3.8) is 0 Å². The number of hydrogen-bond donors (Lipinski definition) is 3. The van der Waals surface area contributed by atoms with Crippen LogP contribution in [0.5, 0.6) is 0 Å². The zero-order valence-corrected chi connectivity index (χ0v) is 11.6.